The normalized spacial score (nSPS) is 17.3. The first-order valence-electron chi connectivity index (χ1n) is 8.34. The molecule has 4 nitrogen and oxygen atoms in total. The molecule has 0 radical (unpaired) electrons. The van der Waals surface area contributed by atoms with Crippen LogP contribution in [-0.4, -0.2) is 16.5 Å². The largest absolute Gasteiger partial charge is 0.352 e. The molecule has 2 aromatic heterocycles. The van der Waals surface area contributed by atoms with Crippen LogP contribution >= 0.6 is 0 Å². The Morgan fingerprint density at radius 3 is 2.78 bits per heavy atom. The van der Waals surface area contributed by atoms with Gasteiger partial charge in [-0.3, -0.25) is 4.98 Å². The molecule has 0 unspecified atom stereocenters. The fourth-order valence-electron chi connectivity index (χ4n) is 3.55. The lowest BCUT2D eigenvalue weighted by Crippen LogP contribution is -2.32. The van der Waals surface area contributed by atoms with Gasteiger partial charge in [-0.2, -0.15) is 5.26 Å². The van der Waals surface area contributed by atoms with E-state index in [-0.39, 0.29) is 0 Å². The van der Waals surface area contributed by atoms with E-state index in [4.69, 9.17) is 10.2 Å². The average Bonchev–Trinajstić information content (AvgIpc) is 2.52. The number of hydrogen-bond donors (Lipinski definition) is 0. The third kappa shape index (κ3) is 2.57. The van der Waals surface area contributed by atoms with E-state index >= 15 is 0 Å². The maximum absolute atomic E-state index is 8.99. The second kappa shape index (κ2) is 5.66. The molecule has 4 rings (SSSR count). The van der Waals surface area contributed by atoms with Gasteiger partial charge < -0.3 is 4.90 Å². The minimum absolute atomic E-state index is 0.623. The first kappa shape index (κ1) is 14.2. The monoisotopic (exact) mass is 304 g/mol. The first-order valence-corrected chi connectivity index (χ1v) is 8.34. The Labute approximate surface area is 136 Å². The molecule has 116 valence electrons. The molecule has 1 fully saturated rings. The van der Waals surface area contributed by atoms with Crippen LogP contribution in [0.15, 0.2) is 24.5 Å². The number of aryl methyl sites for hydroxylation is 1. The predicted molar refractivity (Wildman–Crippen MR) is 89.3 cm³/mol. The second-order valence-electron chi connectivity index (χ2n) is 6.65. The standard InChI is InChI=1S/C19H20N4/c1-13-7-14(9-20)10-22-19(13)23-6-5-18-17(12-23)8-16(11-21-18)15-3-2-4-15/h7-8,10-11,15H,2-6,12H2,1H3. The van der Waals surface area contributed by atoms with E-state index in [1.165, 1.54) is 36.1 Å². The zero-order valence-electron chi connectivity index (χ0n) is 13.4. The lowest BCUT2D eigenvalue weighted by molar-refractivity contribution is 0.418. The van der Waals surface area contributed by atoms with E-state index < -0.39 is 0 Å². The number of pyridine rings is 2. The molecule has 0 spiro atoms. The van der Waals surface area contributed by atoms with Crippen LogP contribution < -0.4 is 4.90 Å². The molecule has 0 bridgehead atoms. The highest BCUT2D eigenvalue weighted by Gasteiger charge is 2.24. The highest BCUT2D eigenvalue weighted by atomic mass is 15.2. The van der Waals surface area contributed by atoms with Gasteiger partial charge in [0.2, 0.25) is 0 Å². The molecule has 0 aromatic carbocycles. The van der Waals surface area contributed by atoms with Crippen molar-refractivity contribution in [2.45, 2.75) is 45.1 Å². The minimum atomic E-state index is 0.623. The number of rotatable bonds is 2. The van der Waals surface area contributed by atoms with Crippen LogP contribution in [-0.2, 0) is 13.0 Å². The van der Waals surface area contributed by atoms with Gasteiger partial charge in [-0.15, -0.1) is 0 Å². The number of hydrogen-bond acceptors (Lipinski definition) is 4. The van der Waals surface area contributed by atoms with Crippen LogP contribution in [0.1, 0.15) is 53.1 Å². The Morgan fingerprint density at radius 1 is 1.22 bits per heavy atom. The first-order chi connectivity index (χ1) is 11.2. The molecule has 0 saturated heterocycles. The molecule has 1 saturated carbocycles. The van der Waals surface area contributed by atoms with E-state index in [9.17, 15) is 0 Å². The van der Waals surface area contributed by atoms with Gasteiger partial charge in [-0.1, -0.05) is 12.5 Å². The van der Waals surface area contributed by atoms with Crippen molar-refractivity contribution in [2.24, 2.45) is 0 Å². The summed E-state index contributed by atoms with van der Waals surface area (Å²) in [5.41, 5.74) is 5.66. The molecule has 0 atom stereocenters. The minimum Gasteiger partial charge on any atom is -0.352 e. The fraction of sp³-hybridized carbons (Fsp3) is 0.421. The lowest BCUT2D eigenvalue weighted by atomic mass is 9.80. The summed E-state index contributed by atoms with van der Waals surface area (Å²) in [7, 11) is 0. The maximum atomic E-state index is 8.99. The van der Waals surface area contributed by atoms with Crippen molar-refractivity contribution in [2.75, 3.05) is 11.4 Å². The van der Waals surface area contributed by atoms with E-state index in [0.717, 1.165) is 36.8 Å². The lowest BCUT2D eigenvalue weighted by Gasteiger charge is -2.32. The third-order valence-electron chi connectivity index (χ3n) is 5.12. The number of aromatic nitrogens is 2. The zero-order valence-corrected chi connectivity index (χ0v) is 13.4. The van der Waals surface area contributed by atoms with Crippen molar-refractivity contribution in [1.82, 2.24) is 9.97 Å². The molecule has 1 aliphatic heterocycles. The molecule has 0 amide bonds. The Morgan fingerprint density at radius 2 is 2.09 bits per heavy atom. The van der Waals surface area contributed by atoms with Gasteiger partial charge in [-0.25, -0.2) is 4.98 Å². The van der Waals surface area contributed by atoms with Gasteiger partial charge in [0.05, 0.1) is 5.56 Å². The number of nitrogens with zero attached hydrogens (tertiary/aromatic N) is 4. The summed E-state index contributed by atoms with van der Waals surface area (Å²) >= 11 is 0. The van der Waals surface area contributed by atoms with Crippen LogP contribution in [0, 0.1) is 18.3 Å². The summed E-state index contributed by atoms with van der Waals surface area (Å²) in [5.74, 6) is 1.71. The highest BCUT2D eigenvalue weighted by Crippen LogP contribution is 2.37. The highest BCUT2D eigenvalue weighted by molar-refractivity contribution is 5.51. The van der Waals surface area contributed by atoms with Crippen molar-refractivity contribution in [3.63, 3.8) is 0 Å². The predicted octanol–water partition coefficient (Wildman–Crippen LogP) is 3.49. The van der Waals surface area contributed by atoms with Crippen molar-refractivity contribution in [3.05, 3.63) is 52.5 Å². The molecular formula is C19H20N4. The molecular weight excluding hydrogens is 284 g/mol. The number of fused-ring (bicyclic) bond motifs is 1. The van der Waals surface area contributed by atoms with Crippen molar-refractivity contribution in [3.8, 4) is 6.07 Å². The van der Waals surface area contributed by atoms with Crippen LogP contribution in [0.4, 0.5) is 5.82 Å². The van der Waals surface area contributed by atoms with E-state index in [1.807, 2.05) is 13.0 Å². The van der Waals surface area contributed by atoms with E-state index in [2.05, 4.69) is 28.2 Å². The Kier molecular flexibility index (Phi) is 3.49. The van der Waals surface area contributed by atoms with Crippen LogP contribution in [0.25, 0.3) is 0 Å². The quantitative estimate of drug-likeness (QED) is 0.852. The molecule has 3 heterocycles. The summed E-state index contributed by atoms with van der Waals surface area (Å²) in [5, 5.41) is 8.99. The van der Waals surface area contributed by atoms with Gasteiger partial charge in [0.25, 0.3) is 0 Å². The maximum Gasteiger partial charge on any atom is 0.131 e. The molecule has 23 heavy (non-hydrogen) atoms. The Balaban J connectivity index is 1.61. The zero-order chi connectivity index (χ0) is 15.8. The van der Waals surface area contributed by atoms with Crippen molar-refractivity contribution >= 4 is 5.82 Å². The van der Waals surface area contributed by atoms with Crippen molar-refractivity contribution in [1.29, 1.82) is 5.26 Å². The fourth-order valence-corrected chi connectivity index (χ4v) is 3.55. The van der Waals surface area contributed by atoms with Gasteiger partial charge in [0.15, 0.2) is 0 Å². The van der Waals surface area contributed by atoms with Gasteiger partial charge in [-0.05, 0) is 48.4 Å². The second-order valence-corrected chi connectivity index (χ2v) is 6.65. The summed E-state index contributed by atoms with van der Waals surface area (Å²) < 4.78 is 0. The van der Waals surface area contributed by atoms with Gasteiger partial charge in [0, 0.05) is 37.6 Å². The molecule has 4 heteroatoms. The Hall–Kier alpha value is -2.41. The van der Waals surface area contributed by atoms with Crippen LogP contribution in [0.5, 0.6) is 0 Å². The summed E-state index contributed by atoms with van der Waals surface area (Å²) in [6, 6.07) is 6.43. The average molecular weight is 304 g/mol. The SMILES string of the molecule is Cc1cc(C#N)cnc1N1CCc2ncc(C3CCC3)cc2C1. The third-order valence-corrected chi connectivity index (χ3v) is 5.12. The Bertz CT molecular complexity index is 786. The van der Waals surface area contributed by atoms with E-state index in [0.29, 0.717) is 5.56 Å². The summed E-state index contributed by atoms with van der Waals surface area (Å²) in [4.78, 5) is 11.5. The van der Waals surface area contributed by atoms with Crippen molar-refractivity contribution < 1.29 is 0 Å². The van der Waals surface area contributed by atoms with Crippen LogP contribution in [0.2, 0.25) is 0 Å². The van der Waals surface area contributed by atoms with E-state index in [1.54, 1.807) is 6.20 Å². The molecule has 2 aromatic rings. The van der Waals surface area contributed by atoms with Gasteiger partial charge >= 0.3 is 0 Å². The summed E-state index contributed by atoms with van der Waals surface area (Å²) in [6.07, 6.45) is 8.68. The smallest absolute Gasteiger partial charge is 0.131 e. The summed E-state index contributed by atoms with van der Waals surface area (Å²) in [6.45, 7) is 3.83. The number of nitriles is 1. The molecule has 2 aliphatic rings. The van der Waals surface area contributed by atoms with Crippen LogP contribution in [0.3, 0.4) is 0 Å². The number of anilines is 1. The molecule has 0 N–H and O–H groups in total. The topological polar surface area (TPSA) is 52.8 Å². The molecule has 1 aliphatic carbocycles. The van der Waals surface area contributed by atoms with Gasteiger partial charge in [0.1, 0.15) is 11.9 Å².